The van der Waals surface area contributed by atoms with E-state index in [2.05, 4.69) is 0 Å². The number of ether oxygens (including phenoxy) is 1. The lowest BCUT2D eigenvalue weighted by atomic mass is 10.2. The first kappa shape index (κ1) is 10.0. The summed E-state index contributed by atoms with van der Waals surface area (Å²) in [5.41, 5.74) is 0. The zero-order chi connectivity index (χ0) is 9.84. The molecule has 4 nitrogen and oxygen atoms in total. The van der Waals surface area contributed by atoms with Crippen LogP contribution in [0.1, 0.15) is 13.8 Å². The minimum Gasteiger partial charge on any atom is -0.352 e. The summed E-state index contributed by atoms with van der Waals surface area (Å²) in [5.74, 6) is 0.418. The summed E-state index contributed by atoms with van der Waals surface area (Å²) in [6.07, 6.45) is -0.448. The van der Waals surface area contributed by atoms with Crippen LogP contribution in [0.15, 0.2) is 0 Å². The van der Waals surface area contributed by atoms with Gasteiger partial charge in [-0.1, -0.05) is 13.8 Å². The van der Waals surface area contributed by atoms with Gasteiger partial charge in [0.1, 0.15) is 6.61 Å². The van der Waals surface area contributed by atoms with Gasteiger partial charge in [-0.05, 0) is 5.92 Å². The molecule has 1 amide bonds. The molecular weight excluding hydrogens is 168 g/mol. The molecule has 13 heavy (non-hydrogen) atoms. The lowest BCUT2D eigenvalue weighted by Crippen LogP contribution is -2.47. The zero-order valence-electron chi connectivity index (χ0n) is 7.99. The van der Waals surface area contributed by atoms with Crippen LogP contribution in [0.2, 0.25) is 0 Å². The fourth-order valence-corrected chi connectivity index (χ4v) is 1.31. The van der Waals surface area contributed by atoms with Crippen molar-refractivity contribution in [1.82, 2.24) is 4.90 Å². The van der Waals surface area contributed by atoms with Gasteiger partial charge in [0.05, 0.1) is 12.6 Å². The van der Waals surface area contributed by atoms with Crippen molar-refractivity contribution in [3.63, 3.8) is 0 Å². The molecule has 0 aromatic carbocycles. The molecule has 1 heterocycles. The summed E-state index contributed by atoms with van der Waals surface area (Å²) in [6, 6.07) is 2.01. The minimum atomic E-state index is -0.448. The van der Waals surface area contributed by atoms with E-state index in [-0.39, 0.29) is 12.5 Å². The SMILES string of the molecule is CC(C)CN1CC(C#N)OCC1=O. The molecule has 0 aromatic heterocycles. The molecule has 4 heteroatoms. The number of nitrogens with zero attached hydrogens (tertiary/aromatic N) is 2. The molecular formula is C9H14N2O2. The van der Waals surface area contributed by atoms with Crippen LogP contribution in [0.25, 0.3) is 0 Å². The smallest absolute Gasteiger partial charge is 0.248 e. The third kappa shape index (κ3) is 2.71. The number of carbonyl (C=O) groups is 1. The average Bonchev–Trinajstić information content (AvgIpc) is 2.08. The molecule has 0 bridgehead atoms. The standard InChI is InChI=1S/C9H14N2O2/c1-7(2)4-11-5-8(3-10)13-6-9(11)12/h7-8H,4-6H2,1-2H3. The summed E-state index contributed by atoms with van der Waals surface area (Å²) in [6.45, 7) is 5.26. The molecule has 1 fully saturated rings. The van der Waals surface area contributed by atoms with Gasteiger partial charge in [0.25, 0.3) is 0 Å². The molecule has 0 radical (unpaired) electrons. The van der Waals surface area contributed by atoms with Crippen molar-refractivity contribution < 1.29 is 9.53 Å². The number of carbonyl (C=O) groups excluding carboxylic acids is 1. The van der Waals surface area contributed by atoms with E-state index in [1.54, 1.807) is 4.90 Å². The van der Waals surface area contributed by atoms with E-state index in [0.717, 1.165) is 0 Å². The predicted molar refractivity (Wildman–Crippen MR) is 46.8 cm³/mol. The van der Waals surface area contributed by atoms with Gasteiger partial charge in [-0.25, -0.2) is 0 Å². The molecule has 1 unspecified atom stereocenters. The zero-order valence-corrected chi connectivity index (χ0v) is 7.99. The van der Waals surface area contributed by atoms with Crippen LogP contribution in [0.4, 0.5) is 0 Å². The Morgan fingerprint density at radius 3 is 3.00 bits per heavy atom. The highest BCUT2D eigenvalue weighted by atomic mass is 16.5. The molecule has 72 valence electrons. The highest BCUT2D eigenvalue weighted by Crippen LogP contribution is 2.08. The van der Waals surface area contributed by atoms with Crippen molar-refractivity contribution in [2.75, 3.05) is 19.7 Å². The van der Waals surface area contributed by atoms with Gasteiger partial charge in [-0.15, -0.1) is 0 Å². The van der Waals surface area contributed by atoms with Gasteiger partial charge in [0, 0.05) is 6.54 Å². The van der Waals surface area contributed by atoms with E-state index in [0.29, 0.717) is 19.0 Å². The van der Waals surface area contributed by atoms with E-state index in [1.165, 1.54) is 0 Å². The summed E-state index contributed by atoms with van der Waals surface area (Å²) < 4.78 is 5.00. The van der Waals surface area contributed by atoms with Crippen LogP contribution >= 0.6 is 0 Å². The number of amides is 1. The second-order valence-corrected chi connectivity index (χ2v) is 3.62. The van der Waals surface area contributed by atoms with E-state index >= 15 is 0 Å². The first-order chi connectivity index (χ1) is 6.13. The van der Waals surface area contributed by atoms with Crippen LogP contribution in [0.5, 0.6) is 0 Å². The molecule has 0 aromatic rings. The number of hydrogen-bond acceptors (Lipinski definition) is 3. The lowest BCUT2D eigenvalue weighted by molar-refractivity contribution is -0.146. The van der Waals surface area contributed by atoms with Crippen molar-refractivity contribution >= 4 is 5.91 Å². The summed E-state index contributed by atoms with van der Waals surface area (Å²) in [7, 11) is 0. The summed E-state index contributed by atoms with van der Waals surface area (Å²) in [5, 5.41) is 8.62. The van der Waals surface area contributed by atoms with Crippen molar-refractivity contribution in [2.24, 2.45) is 5.92 Å². The molecule has 1 aliphatic heterocycles. The maximum absolute atomic E-state index is 11.3. The van der Waals surface area contributed by atoms with Crippen LogP contribution in [0, 0.1) is 17.2 Å². The van der Waals surface area contributed by atoms with Crippen molar-refractivity contribution in [1.29, 1.82) is 5.26 Å². The monoisotopic (exact) mass is 182 g/mol. The molecule has 1 saturated heterocycles. The first-order valence-corrected chi connectivity index (χ1v) is 4.42. The maximum atomic E-state index is 11.3. The minimum absolute atomic E-state index is 0.0137. The third-order valence-corrected chi connectivity index (χ3v) is 1.88. The molecule has 0 spiro atoms. The van der Waals surface area contributed by atoms with Crippen LogP contribution < -0.4 is 0 Å². The second kappa shape index (κ2) is 4.24. The maximum Gasteiger partial charge on any atom is 0.248 e. The Kier molecular flexibility index (Phi) is 3.26. The number of hydrogen-bond donors (Lipinski definition) is 0. The van der Waals surface area contributed by atoms with Gasteiger partial charge in [0.2, 0.25) is 5.91 Å². The molecule has 1 atom stereocenters. The topological polar surface area (TPSA) is 53.3 Å². The van der Waals surface area contributed by atoms with Crippen molar-refractivity contribution in [3.8, 4) is 6.07 Å². The molecule has 0 N–H and O–H groups in total. The lowest BCUT2D eigenvalue weighted by Gasteiger charge is -2.30. The van der Waals surface area contributed by atoms with Gasteiger partial charge < -0.3 is 9.64 Å². The molecule has 0 saturated carbocycles. The van der Waals surface area contributed by atoms with Crippen molar-refractivity contribution in [2.45, 2.75) is 20.0 Å². The van der Waals surface area contributed by atoms with E-state index in [1.807, 2.05) is 19.9 Å². The Bertz CT molecular complexity index is 232. The normalized spacial score (nSPS) is 23.4. The summed E-state index contributed by atoms with van der Waals surface area (Å²) in [4.78, 5) is 13.0. The number of morpholine rings is 1. The highest BCUT2D eigenvalue weighted by molar-refractivity contribution is 5.78. The number of nitriles is 1. The number of rotatable bonds is 2. The Hall–Kier alpha value is -1.08. The largest absolute Gasteiger partial charge is 0.352 e. The van der Waals surface area contributed by atoms with Crippen LogP contribution in [-0.4, -0.2) is 36.6 Å². The highest BCUT2D eigenvalue weighted by Gasteiger charge is 2.26. The fourth-order valence-electron chi connectivity index (χ4n) is 1.31. The van der Waals surface area contributed by atoms with Gasteiger partial charge in [-0.3, -0.25) is 4.79 Å². The third-order valence-electron chi connectivity index (χ3n) is 1.88. The Labute approximate surface area is 78.1 Å². The van der Waals surface area contributed by atoms with Crippen LogP contribution in [-0.2, 0) is 9.53 Å². The fraction of sp³-hybridized carbons (Fsp3) is 0.778. The average molecular weight is 182 g/mol. The van der Waals surface area contributed by atoms with E-state index in [9.17, 15) is 4.79 Å². The first-order valence-electron chi connectivity index (χ1n) is 4.42. The van der Waals surface area contributed by atoms with Gasteiger partial charge in [0.15, 0.2) is 6.10 Å². The van der Waals surface area contributed by atoms with Gasteiger partial charge in [-0.2, -0.15) is 5.26 Å². The Morgan fingerprint density at radius 1 is 1.77 bits per heavy atom. The van der Waals surface area contributed by atoms with E-state index < -0.39 is 6.10 Å². The Morgan fingerprint density at radius 2 is 2.46 bits per heavy atom. The predicted octanol–water partition coefficient (Wildman–Crippen LogP) is 0.393. The quantitative estimate of drug-likeness (QED) is 0.621. The second-order valence-electron chi connectivity index (χ2n) is 3.62. The summed E-state index contributed by atoms with van der Waals surface area (Å²) >= 11 is 0. The molecule has 1 aliphatic rings. The van der Waals surface area contributed by atoms with Crippen molar-refractivity contribution in [3.05, 3.63) is 0 Å². The van der Waals surface area contributed by atoms with E-state index in [4.69, 9.17) is 10.00 Å². The van der Waals surface area contributed by atoms with Gasteiger partial charge >= 0.3 is 0 Å². The molecule has 1 rings (SSSR count). The van der Waals surface area contributed by atoms with Crippen LogP contribution in [0.3, 0.4) is 0 Å². The molecule has 0 aliphatic carbocycles. The Balaban J connectivity index is 2.51.